The highest BCUT2D eigenvalue weighted by atomic mass is 19.3. The monoisotopic (exact) mass is 281 g/mol. The van der Waals surface area contributed by atoms with Crippen molar-refractivity contribution >= 4 is 0 Å². The van der Waals surface area contributed by atoms with Crippen molar-refractivity contribution in [2.45, 2.75) is 26.1 Å². The van der Waals surface area contributed by atoms with Gasteiger partial charge in [0.05, 0.1) is 6.54 Å². The number of imidazole rings is 1. The third kappa shape index (κ3) is 3.77. The van der Waals surface area contributed by atoms with Crippen LogP contribution in [0.1, 0.15) is 24.4 Å². The first-order chi connectivity index (χ1) is 9.56. The van der Waals surface area contributed by atoms with Crippen LogP contribution < -0.4 is 10.1 Å². The molecule has 1 unspecified atom stereocenters. The Balaban J connectivity index is 1.92. The molecule has 1 aromatic carbocycles. The molecule has 0 fully saturated rings. The van der Waals surface area contributed by atoms with Gasteiger partial charge in [0.2, 0.25) is 0 Å². The van der Waals surface area contributed by atoms with Crippen LogP contribution in [0.25, 0.3) is 0 Å². The standard InChI is InChI=1S/C14H17F2N3O/c1-10(18-9-13-17-7-8-19(13)2)11-3-5-12(6-4-11)20-14(15)16/h3-8,10,14,18H,9H2,1-2H3. The summed E-state index contributed by atoms with van der Waals surface area (Å²) in [5.74, 6) is 1.11. The Hall–Kier alpha value is -1.95. The number of hydrogen-bond acceptors (Lipinski definition) is 3. The third-order valence-electron chi connectivity index (χ3n) is 3.09. The maximum Gasteiger partial charge on any atom is 0.387 e. The zero-order valence-electron chi connectivity index (χ0n) is 11.4. The van der Waals surface area contributed by atoms with Gasteiger partial charge in [-0.3, -0.25) is 0 Å². The van der Waals surface area contributed by atoms with Crippen LogP contribution in [-0.2, 0) is 13.6 Å². The lowest BCUT2D eigenvalue weighted by molar-refractivity contribution is -0.0498. The van der Waals surface area contributed by atoms with Crippen molar-refractivity contribution in [2.75, 3.05) is 0 Å². The fourth-order valence-electron chi connectivity index (χ4n) is 1.87. The number of hydrogen-bond donors (Lipinski definition) is 1. The molecule has 1 heterocycles. The maximum absolute atomic E-state index is 12.1. The van der Waals surface area contributed by atoms with Gasteiger partial charge in [0.25, 0.3) is 0 Å². The second-order valence-corrected chi connectivity index (χ2v) is 4.50. The summed E-state index contributed by atoms with van der Waals surface area (Å²) in [5, 5.41) is 3.33. The highest BCUT2D eigenvalue weighted by Crippen LogP contribution is 2.19. The Morgan fingerprint density at radius 3 is 2.55 bits per heavy atom. The van der Waals surface area contributed by atoms with E-state index in [2.05, 4.69) is 15.0 Å². The summed E-state index contributed by atoms with van der Waals surface area (Å²) in [5.41, 5.74) is 1.00. The summed E-state index contributed by atoms with van der Waals surface area (Å²) in [6.07, 6.45) is 3.64. The van der Waals surface area contributed by atoms with E-state index in [9.17, 15) is 8.78 Å². The minimum absolute atomic E-state index is 0.0901. The van der Waals surface area contributed by atoms with Crippen LogP contribution in [0.3, 0.4) is 0 Å². The molecular formula is C14H17F2N3O. The van der Waals surface area contributed by atoms with Gasteiger partial charge in [-0.1, -0.05) is 12.1 Å². The number of benzene rings is 1. The lowest BCUT2D eigenvalue weighted by Gasteiger charge is -2.14. The lowest BCUT2D eigenvalue weighted by Crippen LogP contribution is -2.20. The predicted molar refractivity (Wildman–Crippen MR) is 71.5 cm³/mol. The normalized spacial score (nSPS) is 12.7. The van der Waals surface area contributed by atoms with E-state index in [4.69, 9.17) is 0 Å². The zero-order chi connectivity index (χ0) is 14.5. The van der Waals surface area contributed by atoms with Crippen LogP contribution in [0.5, 0.6) is 5.75 Å². The molecular weight excluding hydrogens is 264 g/mol. The van der Waals surface area contributed by atoms with E-state index in [1.807, 2.05) is 24.7 Å². The first kappa shape index (κ1) is 14.5. The van der Waals surface area contributed by atoms with Crippen molar-refractivity contribution < 1.29 is 13.5 Å². The zero-order valence-corrected chi connectivity index (χ0v) is 11.4. The molecule has 0 aliphatic carbocycles. The van der Waals surface area contributed by atoms with Crippen molar-refractivity contribution in [2.24, 2.45) is 7.05 Å². The first-order valence-corrected chi connectivity index (χ1v) is 6.30. The smallest absolute Gasteiger partial charge is 0.387 e. The van der Waals surface area contributed by atoms with E-state index in [0.717, 1.165) is 11.4 Å². The number of rotatable bonds is 6. The number of aryl methyl sites for hydroxylation is 1. The minimum atomic E-state index is -2.79. The molecule has 0 saturated carbocycles. The molecule has 20 heavy (non-hydrogen) atoms. The minimum Gasteiger partial charge on any atom is -0.435 e. The number of alkyl halides is 2. The van der Waals surface area contributed by atoms with Gasteiger partial charge in [0.15, 0.2) is 0 Å². The summed E-state index contributed by atoms with van der Waals surface area (Å²) in [4.78, 5) is 4.23. The van der Waals surface area contributed by atoms with Crippen LogP contribution in [0.2, 0.25) is 0 Å². The second kappa shape index (κ2) is 6.47. The molecule has 0 aliphatic rings. The van der Waals surface area contributed by atoms with Crippen molar-refractivity contribution in [1.82, 2.24) is 14.9 Å². The number of nitrogens with one attached hydrogen (secondary N) is 1. The topological polar surface area (TPSA) is 39.1 Å². The molecule has 6 heteroatoms. The maximum atomic E-state index is 12.1. The number of nitrogens with zero attached hydrogens (tertiary/aromatic N) is 2. The summed E-state index contributed by atoms with van der Waals surface area (Å²) in [6.45, 7) is -0.147. The van der Waals surface area contributed by atoms with Crippen molar-refractivity contribution in [3.05, 3.63) is 48.0 Å². The molecule has 4 nitrogen and oxygen atoms in total. The van der Waals surface area contributed by atoms with Crippen LogP contribution in [0, 0.1) is 0 Å². The molecule has 0 radical (unpaired) electrons. The highest BCUT2D eigenvalue weighted by Gasteiger charge is 2.08. The van der Waals surface area contributed by atoms with E-state index in [1.165, 1.54) is 0 Å². The van der Waals surface area contributed by atoms with E-state index in [1.54, 1.807) is 30.5 Å². The molecule has 1 N–H and O–H groups in total. The highest BCUT2D eigenvalue weighted by molar-refractivity contribution is 5.28. The molecule has 1 aromatic heterocycles. The Morgan fingerprint density at radius 1 is 1.30 bits per heavy atom. The van der Waals surface area contributed by atoms with E-state index in [0.29, 0.717) is 6.54 Å². The van der Waals surface area contributed by atoms with E-state index < -0.39 is 6.61 Å². The molecule has 2 aromatic rings. The number of halogens is 2. The van der Waals surface area contributed by atoms with Gasteiger partial charge in [0, 0.05) is 25.5 Å². The van der Waals surface area contributed by atoms with Gasteiger partial charge in [0.1, 0.15) is 11.6 Å². The van der Waals surface area contributed by atoms with E-state index >= 15 is 0 Å². The average molecular weight is 281 g/mol. The first-order valence-electron chi connectivity index (χ1n) is 6.30. The molecule has 1 atom stereocenters. The molecule has 0 spiro atoms. The molecule has 0 aliphatic heterocycles. The lowest BCUT2D eigenvalue weighted by atomic mass is 10.1. The Kier molecular flexibility index (Phi) is 4.68. The molecule has 0 amide bonds. The molecule has 0 saturated heterocycles. The van der Waals surface area contributed by atoms with Crippen molar-refractivity contribution in [3.8, 4) is 5.75 Å². The van der Waals surface area contributed by atoms with E-state index in [-0.39, 0.29) is 11.8 Å². The third-order valence-corrected chi connectivity index (χ3v) is 3.09. The van der Waals surface area contributed by atoms with Gasteiger partial charge in [-0.25, -0.2) is 4.98 Å². The van der Waals surface area contributed by atoms with Gasteiger partial charge in [-0.15, -0.1) is 0 Å². The molecule has 2 rings (SSSR count). The van der Waals surface area contributed by atoms with Crippen LogP contribution in [-0.4, -0.2) is 16.2 Å². The number of aromatic nitrogens is 2. The molecule has 0 bridgehead atoms. The second-order valence-electron chi connectivity index (χ2n) is 4.50. The van der Waals surface area contributed by atoms with Gasteiger partial charge >= 0.3 is 6.61 Å². The van der Waals surface area contributed by atoms with Gasteiger partial charge < -0.3 is 14.6 Å². The van der Waals surface area contributed by atoms with Crippen molar-refractivity contribution in [3.63, 3.8) is 0 Å². The summed E-state index contributed by atoms with van der Waals surface area (Å²) in [6, 6.07) is 6.72. The summed E-state index contributed by atoms with van der Waals surface area (Å²) in [7, 11) is 1.94. The quantitative estimate of drug-likeness (QED) is 0.885. The van der Waals surface area contributed by atoms with Gasteiger partial charge in [-0.05, 0) is 24.6 Å². The van der Waals surface area contributed by atoms with Crippen LogP contribution in [0.15, 0.2) is 36.7 Å². The van der Waals surface area contributed by atoms with Crippen molar-refractivity contribution in [1.29, 1.82) is 0 Å². The Labute approximate surface area is 116 Å². The van der Waals surface area contributed by atoms with Crippen LogP contribution >= 0.6 is 0 Å². The number of ether oxygens (including phenoxy) is 1. The fraction of sp³-hybridized carbons (Fsp3) is 0.357. The molecule has 108 valence electrons. The van der Waals surface area contributed by atoms with Crippen LogP contribution in [0.4, 0.5) is 8.78 Å². The Morgan fingerprint density at radius 2 is 2.00 bits per heavy atom. The Bertz CT molecular complexity index is 540. The summed E-state index contributed by atoms with van der Waals surface area (Å²) < 4.78 is 30.4. The fourth-order valence-corrected chi connectivity index (χ4v) is 1.87. The summed E-state index contributed by atoms with van der Waals surface area (Å²) >= 11 is 0. The average Bonchev–Trinajstić information content (AvgIpc) is 2.82. The largest absolute Gasteiger partial charge is 0.435 e. The predicted octanol–water partition coefficient (Wildman–Crippen LogP) is 2.87. The SMILES string of the molecule is CC(NCc1nccn1C)c1ccc(OC(F)F)cc1. The van der Waals surface area contributed by atoms with Gasteiger partial charge in [-0.2, -0.15) is 8.78 Å².